The fourth-order valence-electron chi connectivity index (χ4n) is 0.963. The largest absolute Gasteiger partial charge is 0.481 e. The molecule has 1 rings (SSSR count). The summed E-state index contributed by atoms with van der Waals surface area (Å²) in [4.78, 5) is 11.3. The molecule has 2 nitrogen and oxygen atoms in total. The van der Waals surface area contributed by atoms with Gasteiger partial charge in [0.05, 0.1) is 6.42 Å². The number of aliphatic carboxylic acids is 1. The van der Waals surface area contributed by atoms with E-state index in [1.807, 2.05) is 25.1 Å². The lowest BCUT2D eigenvalue weighted by atomic mass is 10.2. The molecule has 1 aromatic carbocycles. The first-order valence-corrected chi connectivity index (χ1v) is 5.56. The minimum atomic E-state index is -0.761. The summed E-state index contributed by atoms with van der Waals surface area (Å²) >= 11 is 7.39. The summed E-state index contributed by atoms with van der Waals surface area (Å²) < 4.78 is 0. The predicted octanol–water partition coefficient (Wildman–Crippen LogP) is 3.22. The van der Waals surface area contributed by atoms with Crippen LogP contribution in [0.5, 0.6) is 0 Å². The first-order chi connectivity index (χ1) is 6.59. The van der Waals surface area contributed by atoms with Crippen LogP contribution in [0, 0.1) is 6.92 Å². The normalized spacial score (nSPS) is 10.1. The highest BCUT2D eigenvalue weighted by molar-refractivity contribution is 7.99. The van der Waals surface area contributed by atoms with Crippen LogP contribution in [-0.2, 0) is 4.79 Å². The quantitative estimate of drug-likeness (QED) is 0.807. The maximum atomic E-state index is 10.3. The van der Waals surface area contributed by atoms with Crippen molar-refractivity contribution in [2.24, 2.45) is 0 Å². The molecule has 0 atom stereocenters. The van der Waals surface area contributed by atoms with Gasteiger partial charge in [-0.2, -0.15) is 0 Å². The van der Waals surface area contributed by atoms with E-state index in [4.69, 9.17) is 16.7 Å². The van der Waals surface area contributed by atoms with E-state index in [2.05, 4.69) is 0 Å². The van der Waals surface area contributed by atoms with Gasteiger partial charge in [-0.05, 0) is 30.7 Å². The van der Waals surface area contributed by atoms with Crippen LogP contribution in [0.3, 0.4) is 0 Å². The Morgan fingerprint density at radius 3 is 2.86 bits per heavy atom. The second kappa shape index (κ2) is 5.27. The lowest BCUT2D eigenvalue weighted by Gasteiger charge is -2.02. The molecular formula is C10H11ClO2S. The molecule has 1 aromatic rings. The van der Waals surface area contributed by atoms with Crippen LogP contribution in [0.25, 0.3) is 0 Å². The summed E-state index contributed by atoms with van der Waals surface area (Å²) in [6.07, 6.45) is 0.187. The predicted molar refractivity (Wildman–Crippen MR) is 59.2 cm³/mol. The average Bonchev–Trinajstić information content (AvgIpc) is 2.10. The minimum Gasteiger partial charge on any atom is -0.481 e. The van der Waals surface area contributed by atoms with Crippen molar-refractivity contribution < 1.29 is 9.90 Å². The van der Waals surface area contributed by atoms with Crippen LogP contribution in [0.2, 0.25) is 5.02 Å². The average molecular weight is 231 g/mol. The number of aryl methyl sites for hydroxylation is 1. The van der Waals surface area contributed by atoms with Crippen LogP contribution in [0.1, 0.15) is 12.0 Å². The summed E-state index contributed by atoms with van der Waals surface area (Å²) in [5.74, 6) is -0.167. The van der Waals surface area contributed by atoms with Crippen molar-refractivity contribution in [2.45, 2.75) is 18.2 Å². The van der Waals surface area contributed by atoms with Crippen molar-refractivity contribution in [3.8, 4) is 0 Å². The Morgan fingerprint density at radius 2 is 2.29 bits per heavy atom. The van der Waals surface area contributed by atoms with E-state index >= 15 is 0 Å². The van der Waals surface area contributed by atoms with E-state index in [0.29, 0.717) is 5.75 Å². The highest BCUT2D eigenvalue weighted by Crippen LogP contribution is 2.24. The van der Waals surface area contributed by atoms with Crippen molar-refractivity contribution in [1.82, 2.24) is 0 Å². The van der Waals surface area contributed by atoms with Crippen molar-refractivity contribution in [1.29, 1.82) is 0 Å². The van der Waals surface area contributed by atoms with Crippen LogP contribution in [0.4, 0.5) is 0 Å². The SMILES string of the molecule is Cc1cc(SCCC(=O)O)ccc1Cl. The van der Waals surface area contributed by atoms with Crippen LogP contribution in [0.15, 0.2) is 23.1 Å². The first-order valence-electron chi connectivity index (χ1n) is 4.20. The highest BCUT2D eigenvalue weighted by atomic mass is 35.5. The standard InChI is InChI=1S/C10H11ClO2S/c1-7-6-8(2-3-9(7)11)14-5-4-10(12)13/h2-3,6H,4-5H2,1H3,(H,12,13). The smallest absolute Gasteiger partial charge is 0.304 e. The molecule has 0 heterocycles. The molecule has 0 aliphatic rings. The number of carbonyl (C=O) groups is 1. The number of thioether (sulfide) groups is 1. The van der Waals surface area contributed by atoms with Gasteiger partial charge < -0.3 is 5.11 Å². The number of carboxylic acid groups (broad SMARTS) is 1. The molecule has 0 aromatic heterocycles. The van der Waals surface area contributed by atoms with Crippen molar-refractivity contribution in [2.75, 3.05) is 5.75 Å². The molecule has 0 spiro atoms. The Morgan fingerprint density at radius 1 is 1.57 bits per heavy atom. The molecule has 1 N–H and O–H groups in total. The van der Waals surface area contributed by atoms with Gasteiger partial charge in [-0.25, -0.2) is 0 Å². The Hall–Kier alpha value is -0.670. The molecule has 14 heavy (non-hydrogen) atoms. The third kappa shape index (κ3) is 3.60. The number of benzene rings is 1. The fourth-order valence-corrected chi connectivity index (χ4v) is 2.02. The third-order valence-corrected chi connectivity index (χ3v) is 3.13. The maximum Gasteiger partial charge on any atom is 0.304 e. The Labute approximate surface area is 92.3 Å². The monoisotopic (exact) mass is 230 g/mol. The molecule has 0 saturated carbocycles. The van der Waals surface area contributed by atoms with Gasteiger partial charge >= 0.3 is 5.97 Å². The van der Waals surface area contributed by atoms with Crippen LogP contribution < -0.4 is 0 Å². The van der Waals surface area contributed by atoms with E-state index in [0.717, 1.165) is 15.5 Å². The number of carboxylic acids is 1. The van der Waals surface area contributed by atoms with Gasteiger partial charge in [0.2, 0.25) is 0 Å². The van der Waals surface area contributed by atoms with Crippen LogP contribution >= 0.6 is 23.4 Å². The van der Waals surface area contributed by atoms with E-state index in [1.165, 1.54) is 11.8 Å². The Kier molecular flexibility index (Phi) is 4.29. The zero-order valence-electron chi connectivity index (χ0n) is 7.79. The summed E-state index contributed by atoms with van der Waals surface area (Å²) in [6.45, 7) is 1.93. The van der Waals surface area contributed by atoms with E-state index in [1.54, 1.807) is 0 Å². The second-order valence-electron chi connectivity index (χ2n) is 2.90. The molecule has 4 heteroatoms. The zero-order chi connectivity index (χ0) is 10.6. The molecule has 76 valence electrons. The van der Waals surface area contributed by atoms with Gasteiger partial charge in [0, 0.05) is 15.7 Å². The number of hydrogen-bond acceptors (Lipinski definition) is 2. The second-order valence-corrected chi connectivity index (χ2v) is 4.48. The van der Waals surface area contributed by atoms with Crippen molar-refractivity contribution in [3.05, 3.63) is 28.8 Å². The molecule has 0 unspecified atom stereocenters. The van der Waals surface area contributed by atoms with Gasteiger partial charge in [-0.1, -0.05) is 11.6 Å². The van der Waals surface area contributed by atoms with E-state index in [-0.39, 0.29) is 6.42 Å². The summed E-state index contributed by atoms with van der Waals surface area (Å²) in [5.41, 5.74) is 1.02. The lowest BCUT2D eigenvalue weighted by molar-refractivity contribution is -0.136. The molecule has 0 aliphatic heterocycles. The molecule has 0 bridgehead atoms. The lowest BCUT2D eigenvalue weighted by Crippen LogP contribution is -1.95. The number of rotatable bonds is 4. The molecule has 0 fully saturated rings. The summed E-state index contributed by atoms with van der Waals surface area (Å²) in [5, 5.41) is 9.20. The topological polar surface area (TPSA) is 37.3 Å². The molecule has 0 amide bonds. The molecule has 0 radical (unpaired) electrons. The van der Waals surface area contributed by atoms with Gasteiger partial charge in [-0.15, -0.1) is 11.8 Å². The Bertz CT molecular complexity index is 339. The van der Waals surface area contributed by atoms with Crippen LogP contribution in [-0.4, -0.2) is 16.8 Å². The van der Waals surface area contributed by atoms with Gasteiger partial charge in [0.15, 0.2) is 0 Å². The van der Waals surface area contributed by atoms with E-state index < -0.39 is 5.97 Å². The first kappa shape index (κ1) is 11.4. The minimum absolute atomic E-state index is 0.187. The van der Waals surface area contributed by atoms with E-state index in [9.17, 15) is 4.79 Å². The number of hydrogen-bond donors (Lipinski definition) is 1. The third-order valence-electron chi connectivity index (χ3n) is 1.71. The highest BCUT2D eigenvalue weighted by Gasteiger charge is 2.00. The fraction of sp³-hybridized carbons (Fsp3) is 0.300. The van der Waals surface area contributed by atoms with Gasteiger partial charge in [0.25, 0.3) is 0 Å². The molecule has 0 aliphatic carbocycles. The van der Waals surface area contributed by atoms with Crippen molar-refractivity contribution >= 4 is 29.3 Å². The molecular weight excluding hydrogens is 220 g/mol. The summed E-state index contributed by atoms with van der Waals surface area (Å²) in [6, 6.07) is 5.71. The van der Waals surface area contributed by atoms with Gasteiger partial charge in [0.1, 0.15) is 0 Å². The van der Waals surface area contributed by atoms with Gasteiger partial charge in [-0.3, -0.25) is 4.79 Å². The maximum absolute atomic E-state index is 10.3. The van der Waals surface area contributed by atoms with Crippen molar-refractivity contribution in [3.63, 3.8) is 0 Å². The summed E-state index contributed by atoms with van der Waals surface area (Å²) in [7, 11) is 0. The number of halogens is 1. The molecule has 0 saturated heterocycles. The Balaban J connectivity index is 2.51. The zero-order valence-corrected chi connectivity index (χ0v) is 9.36.